The van der Waals surface area contributed by atoms with Crippen LogP contribution in [0.15, 0.2) is 36.5 Å². The van der Waals surface area contributed by atoms with Gasteiger partial charge < -0.3 is 5.32 Å². The molecule has 6 heteroatoms. The lowest BCUT2D eigenvalue weighted by molar-refractivity contribution is -0.385. The third kappa shape index (κ3) is 3.09. The third-order valence-corrected chi connectivity index (χ3v) is 2.79. The molecule has 0 fully saturated rings. The number of nitrogens with zero attached hydrogens (tertiary/aromatic N) is 3. The molecule has 100 valence electrons. The summed E-state index contributed by atoms with van der Waals surface area (Å²) in [6, 6.07) is 11.0. The predicted molar refractivity (Wildman–Crippen MR) is 74.1 cm³/mol. The van der Waals surface area contributed by atoms with Crippen molar-refractivity contribution in [2.45, 2.75) is 13.5 Å². The molecule has 0 spiro atoms. The lowest BCUT2D eigenvalue weighted by Gasteiger charge is -2.07. The summed E-state index contributed by atoms with van der Waals surface area (Å²) in [5.41, 5.74) is 2.17. The summed E-state index contributed by atoms with van der Waals surface area (Å²) in [4.78, 5) is 14.0. The Morgan fingerprint density at radius 1 is 1.40 bits per heavy atom. The van der Waals surface area contributed by atoms with Gasteiger partial charge in [-0.1, -0.05) is 29.8 Å². The highest BCUT2D eigenvalue weighted by Gasteiger charge is 2.11. The Labute approximate surface area is 115 Å². The monoisotopic (exact) mass is 268 g/mol. The summed E-state index contributed by atoms with van der Waals surface area (Å²) in [6.07, 6.45) is 1.14. The largest absolute Gasteiger partial charge is 0.365 e. The van der Waals surface area contributed by atoms with Crippen LogP contribution in [0, 0.1) is 28.4 Å². The number of aromatic nitrogens is 1. The van der Waals surface area contributed by atoms with E-state index < -0.39 is 4.92 Å². The van der Waals surface area contributed by atoms with Crippen LogP contribution in [0.4, 0.5) is 11.5 Å². The van der Waals surface area contributed by atoms with E-state index in [4.69, 9.17) is 5.26 Å². The zero-order valence-electron chi connectivity index (χ0n) is 10.8. The van der Waals surface area contributed by atoms with E-state index in [0.717, 1.165) is 11.8 Å². The average molecular weight is 268 g/mol. The highest BCUT2D eigenvalue weighted by Crippen LogP contribution is 2.18. The minimum Gasteiger partial charge on any atom is -0.365 e. The molecule has 0 unspecified atom stereocenters. The molecule has 0 aliphatic heterocycles. The predicted octanol–water partition coefficient (Wildman–Crippen LogP) is 2.78. The third-order valence-electron chi connectivity index (χ3n) is 2.79. The smallest absolute Gasteiger partial charge is 0.289 e. The van der Waals surface area contributed by atoms with Crippen LogP contribution in [-0.4, -0.2) is 9.91 Å². The Hall–Kier alpha value is -2.94. The van der Waals surface area contributed by atoms with E-state index in [0.29, 0.717) is 12.4 Å². The van der Waals surface area contributed by atoms with Crippen LogP contribution in [0.3, 0.4) is 0 Å². The molecule has 0 atom stereocenters. The molecule has 2 rings (SSSR count). The first-order chi connectivity index (χ1) is 9.60. The second kappa shape index (κ2) is 5.80. The van der Waals surface area contributed by atoms with Crippen LogP contribution in [0.1, 0.15) is 16.7 Å². The van der Waals surface area contributed by atoms with Gasteiger partial charge in [-0.05, 0) is 12.5 Å². The van der Waals surface area contributed by atoms with E-state index in [9.17, 15) is 10.1 Å². The molecule has 0 radical (unpaired) electrons. The number of hydrogen-bond donors (Lipinski definition) is 1. The van der Waals surface area contributed by atoms with Crippen LogP contribution in [0.25, 0.3) is 0 Å². The van der Waals surface area contributed by atoms with Gasteiger partial charge in [0.15, 0.2) is 0 Å². The van der Waals surface area contributed by atoms with Gasteiger partial charge in [0.25, 0.3) is 5.69 Å². The summed E-state index contributed by atoms with van der Waals surface area (Å²) in [5.74, 6) is 0.346. The minimum atomic E-state index is -0.572. The minimum absolute atomic E-state index is 0.159. The molecular weight excluding hydrogens is 256 g/mol. The highest BCUT2D eigenvalue weighted by molar-refractivity contribution is 5.55. The van der Waals surface area contributed by atoms with Gasteiger partial charge in [0.2, 0.25) is 0 Å². The molecule has 1 aromatic carbocycles. The van der Waals surface area contributed by atoms with E-state index in [2.05, 4.69) is 10.3 Å². The van der Waals surface area contributed by atoms with Crippen LogP contribution in [0.5, 0.6) is 0 Å². The number of rotatable bonds is 4. The van der Waals surface area contributed by atoms with Crippen LogP contribution in [0.2, 0.25) is 0 Å². The molecule has 0 saturated carbocycles. The number of anilines is 1. The zero-order chi connectivity index (χ0) is 14.5. The molecule has 1 N–H and O–H groups in total. The lowest BCUT2D eigenvalue weighted by atomic mass is 10.1. The Bertz CT molecular complexity index is 675. The van der Waals surface area contributed by atoms with Crippen molar-refractivity contribution in [1.29, 1.82) is 5.26 Å². The Balaban J connectivity index is 2.15. The van der Waals surface area contributed by atoms with Gasteiger partial charge in [-0.15, -0.1) is 0 Å². The number of nitriles is 1. The summed E-state index contributed by atoms with van der Waals surface area (Å²) < 4.78 is 0. The van der Waals surface area contributed by atoms with Gasteiger partial charge in [0.1, 0.15) is 23.6 Å². The van der Waals surface area contributed by atoms with Gasteiger partial charge in [-0.25, -0.2) is 4.98 Å². The summed E-state index contributed by atoms with van der Waals surface area (Å²) in [6.45, 7) is 2.50. The van der Waals surface area contributed by atoms with Crippen molar-refractivity contribution >= 4 is 11.5 Å². The molecule has 0 bridgehead atoms. The fraction of sp³-hybridized carbons (Fsp3) is 0.143. The molecule has 0 saturated heterocycles. The van der Waals surface area contributed by atoms with E-state index in [1.165, 1.54) is 11.6 Å². The molecule has 1 aromatic heterocycles. The van der Waals surface area contributed by atoms with Gasteiger partial charge in [0.05, 0.1) is 4.92 Å². The summed E-state index contributed by atoms with van der Waals surface area (Å²) in [5, 5.41) is 22.6. The first-order valence-corrected chi connectivity index (χ1v) is 5.94. The second-order valence-electron chi connectivity index (χ2n) is 4.30. The summed E-state index contributed by atoms with van der Waals surface area (Å²) >= 11 is 0. The maximum absolute atomic E-state index is 10.6. The average Bonchev–Trinajstić information content (AvgIpc) is 2.46. The number of aryl methyl sites for hydroxylation is 1. The van der Waals surface area contributed by atoms with Crippen molar-refractivity contribution in [2.75, 3.05) is 5.32 Å². The van der Waals surface area contributed by atoms with Crippen LogP contribution < -0.4 is 5.32 Å². The molecule has 0 aliphatic carbocycles. The molecule has 20 heavy (non-hydrogen) atoms. The SMILES string of the molecule is Cc1ccc(CNc2ncc([N+](=O)[O-])cc2C#N)cc1. The van der Waals surface area contributed by atoms with Crippen molar-refractivity contribution in [2.24, 2.45) is 0 Å². The lowest BCUT2D eigenvalue weighted by Crippen LogP contribution is -2.04. The molecule has 6 nitrogen and oxygen atoms in total. The van der Waals surface area contributed by atoms with Crippen LogP contribution in [-0.2, 0) is 6.54 Å². The second-order valence-corrected chi connectivity index (χ2v) is 4.30. The molecule has 2 aromatic rings. The fourth-order valence-corrected chi connectivity index (χ4v) is 1.67. The van der Waals surface area contributed by atoms with Crippen molar-refractivity contribution in [3.05, 3.63) is 63.3 Å². The number of benzene rings is 1. The van der Waals surface area contributed by atoms with Gasteiger partial charge in [0, 0.05) is 12.6 Å². The van der Waals surface area contributed by atoms with Gasteiger partial charge in [-0.2, -0.15) is 5.26 Å². The van der Waals surface area contributed by atoms with Crippen molar-refractivity contribution in [1.82, 2.24) is 4.98 Å². The van der Waals surface area contributed by atoms with Crippen LogP contribution >= 0.6 is 0 Å². The van der Waals surface area contributed by atoms with Crippen molar-refractivity contribution < 1.29 is 4.92 Å². The molecule has 0 aliphatic rings. The first kappa shape index (κ1) is 13.5. The van der Waals surface area contributed by atoms with Crippen molar-refractivity contribution in [3.63, 3.8) is 0 Å². The Morgan fingerprint density at radius 3 is 2.70 bits per heavy atom. The zero-order valence-corrected chi connectivity index (χ0v) is 10.8. The fourth-order valence-electron chi connectivity index (χ4n) is 1.67. The molecule has 1 heterocycles. The molecule has 0 amide bonds. The maximum atomic E-state index is 10.6. The number of nitrogens with one attached hydrogen (secondary N) is 1. The Morgan fingerprint density at radius 2 is 2.10 bits per heavy atom. The van der Waals surface area contributed by atoms with E-state index >= 15 is 0 Å². The highest BCUT2D eigenvalue weighted by atomic mass is 16.6. The van der Waals surface area contributed by atoms with E-state index in [-0.39, 0.29) is 11.3 Å². The molecular formula is C14H12N4O2. The van der Waals surface area contributed by atoms with Gasteiger partial charge in [-0.3, -0.25) is 10.1 Å². The number of hydrogen-bond acceptors (Lipinski definition) is 5. The Kier molecular flexibility index (Phi) is 3.91. The number of nitro groups is 1. The quantitative estimate of drug-likeness (QED) is 0.680. The maximum Gasteiger partial charge on any atom is 0.289 e. The standard InChI is InChI=1S/C14H12N4O2/c1-10-2-4-11(5-3-10)8-16-14-12(7-15)6-13(9-17-14)18(19)20/h2-6,9H,8H2,1H3,(H,16,17). The van der Waals surface area contributed by atoms with Gasteiger partial charge >= 0.3 is 0 Å². The van der Waals surface area contributed by atoms with E-state index in [1.54, 1.807) is 0 Å². The van der Waals surface area contributed by atoms with Crippen molar-refractivity contribution in [3.8, 4) is 6.07 Å². The summed E-state index contributed by atoms with van der Waals surface area (Å²) in [7, 11) is 0. The first-order valence-electron chi connectivity index (χ1n) is 5.94. The normalized spacial score (nSPS) is 9.80. The van der Waals surface area contributed by atoms with E-state index in [1.807, 2.05) is 37.3 Å². The topological polar surface area (TPSA) is 91.8 Å². The number of pyridine rings is 1.